The Bertz CT molecular complexity index is 294. The van der Waals surface area contributed by atoms with Crippen molar-refractivity contribution in [2.24, 2.45) is 11.3 Å². The molecule has 5 heteroatoms. The van der Waals surface area contributed by atoms with Crippen LogP contribution >= 0.6 is 15.9 Å². The molecule has 0 N–H and O–H groups in total. The molecule has 0 aliphatic heterocycles. The number of carbonyl (C=O) groups excluding carboxylic acids is 2. The van der Waals surface area contributed by atoms with Crippen LogP contribution in [0.4, 0.5) is 0 Å². The van der Waals surface area contributed by atoms with Gasteiger partial charge in [-0.05, 0) is 18.8 Å². The summed E-state index contributed by atoms with van der Waals surface area (Å²) >= 11 is 3.30. The molecule has 0 amide bonds. The van der Waals surface area contributed by atoms with Crippen molar-refractivity contribution in [3.05, 3.63) is 12.2 Å². The minimum Gasteiger partial charge on any atom is -0.468 e. The summed E-state index contributed by atoms with van der Waals surface area (Å²) < 4.78 is 9.52. The largest absolute Gasteiger partial charge is 0.468 e. The van der Waals surface area contributed by atoms with Crippen LogP contribution in [0.25, 0.3) is 0 Å². The van der Waals surface area contributed by atoms with Crippen molar-refractivity contribution >= 4 is 27.9 Å². The first-order valence-corrected chi connectivity index (χ1v) is 6.99. The highest BCUT2D eigenvalue weighted by atomic mass is 79.9. The fourth-order valence-electron chi connectivity index (χ4n) is 1.57. The quantitative estimate of drug-likeness (QED) is 0.313. The molecule has 0 heterocycles. The molecule has 0 radical (unpaired) electrons. The Hall–Kier alpha value is -0.840. The van der Waals surface area contributed by atoms with Gasteiger partial charge in [0, 0.05) is 5.33 Å². The monoisotopic (exact) mass is 320 g/mol. The summed E-state index contributed by atoms with van der Waals surface area (Å²) in [6, 6.07) is 0. The van der Waals surface area contributed by atoms with Gasteiger partial charge in [-0.1, -0.05) is 41.9 Å². The molecule has 0 saturated heterocycles. The van der Waals surface area contributed by atoms with E-state index in [1.165, 1.54) is 14.2 Å². The summed E-state index contributed by atoms with van der Waals surface area (Å²) in [6.45, 7) is 3.95. The van der Waals surface area contributed by atoms with E-state index in [9.17, 15) is 9.59 Å². The third kappa shape index (κ3) is 4.44. The van der Waals surface area contributed by atoms with E-state index in [0.717, 1.165) is 0 Å². The molecule has 0 aliphatic rings. The lowest BCUT2D eigenvalue weighted by Gasteiger charge is -2.25. The topological polar surface area (TPSA) is 52.6 Å². The smallest absolute Gasteiger partial charge is 0.327 e. The van der Waals surface area contributed by atoms with Crippen LogP contribution in [0.2, 0.25) is 0 Å². The second kappa shape index (κ2) is 8.29. The summed E-state index contributed by atoms with van der Waals surface area (Å²) in [5.74, 6) is -0.915. The van der Waals surface area contributed by atoms with Gasteiger partial charge in [0.1, 0.15) is 0 Å². The number of esters is 2. The molecule has 0 bridgehead atoms. The number of alkyl halides is 1. The number of methoxy groups -OCH3 is 2. The second-order valence-corrected chi connectivity index (χ2v) is 5.14. The summed E-state index contributed by atoms with van der Waals surface area (Å²) in [4.78, 5) is 23.9. The number of ether oxygens (including phenoxy) is 2. The third-order valence-electron chi connectivity index (χ3n) is 2.57. The van der Waals surface area contributed by atoms with Gasteiger partial charge >= 0.3 is 11.9 Å². The van der Waals surface area contributed by atoms with Crippen LogP contribution in [0.15, 0.2) is 12.2 Å². The van der Waals surface area contributed by atoms with Crippen molar-refractivity contribution in [1.29, 1.82) is 0 Å². The standard InChI is InChI=1S/C13H21BrO4/c1-10(2)6-8-13(7-5-9-14,11(15)17-3)12(16)18-4/h6,8,10H,5,7,9H2,1-4H3/b8-6+. The number of rotatable bonds is 7. The molecule has 4 nitrogen and oxygen atoms in total. The highest BCUT2D eigenvalue weighted by Gasteiger charge is 2.45. The Kier molecular flexibility index (Phi) is 7.91. The summed E-state index contributed by atoms with van der Waals surface area (Å²) in [6.07, 6.45) is 4.47. The van der Waals surface area contributed by atoms with Gasteiger partial charge < -0.3 is 9.47 Å². The fraction of sp³-hybridized carbons (Fsp3) is 0.692. The predicted molar refractivity (Wildman–Crippen MR) is 73.5 cm³/mol. The Morgan fingerprint density at radius 3 is 2.06 bits per heavy atom. The average Bonchev–Trinajstić information content (AvgIpc) is 2.37. The number of hydrogen-bond donors (Lipinski definition) is 0. The Morgan fingerprint density at radius 2 is 1.72 bits per heavy atom. The molecule has 0 spiro atoms. The molecule has 0 aromatic rings. The molecular weight excluding hydrogens is 300 g/mol. The molecule has 18 heavy (non-hydrogen) atoms. The van der Waals surface area contributed by atoms with E-state index in [4.69, 9.17) is 9.47 Å². The van der Waals surface area contributed by atoms with Crippen molar-refractivity contribution in [3.8, 4) is 0 Å². The predicted octanol–water partition coefficient (Wildman–Crippen LogP) is 2.71. The second-order valence-electron chi connectivity index (χ2n) is 4.35. The SMILES string of the molecule is COC(=O)C(/C=C/C(C)C)(CCCBr)C(=O)OC. The number of carbonyl (C=O) groups is 2. The molecule has 0 aliphatic carbocycles. The molecule has 0 atom stereocenters. The third-order valence-corrected chi connectivity index (χ3v) is 3.13. The van der Waals surface area contributed by atoms with Crippen LogP contribution in [0, 0.1) is 11.3 Å². The van der Waals surface area contributed by atoms with Crippen molar-refractivity contribution in [3.63, 3.8) is 0 Å². The van der Waals surface area contributed by atoms with Crippen LogP contribution in [0.3, 0.4) is 0 Å². The molecule has 0 rings (SSSR count). The normalized spacial score (nSPS) is 11.9. The Labute approximate surface area is 117 Å². The molecule has 0 saturated carbocycles. The molecule has 0 unspecified atom stereocenters. The highest BCUT2D eigenvalue weighted by molar-refractivity contribution is 9.09. The van der Waals surface area contributed by atoms with Gasteiger partial charge in [0.25, 0.3) is 0 Å². The van der Waals surface area contributed by atoms with Gasteiger partial charge in [-0.3, -0.25) is 9.59 Å². The fourth-order valence-corrected chi connectivity index (χ4v) is 1.85. The average molecular weight is 321 g/mol. The Morgan fingerprint density at radius 1 is 1.22 bits per heavy atom. The minimum atomic E-state index is -1.33. The van der Waals surface area contributed by atoms with Crippen molar-refractivity contribution in [2.45, 2.75) is 26.7 Å². The first kappa shape index (κ1) is 17.2. The van der Waals surface area contributed by atoms with Crippen LogP contribution < -0.4 is 0 Å². The zero-order valence-corrected chi connectivity index (χ0v) is 13.0. The van der Waals surface area contributed by atoms with Gasteiger partial charge in [-0.15, -0.1) is 0 Å². The summed E-state index contributed by atoms with van der Waals surface area (Å²) in [5, 5.41) is 0.707. The van der Waals surface area contributed by atoms with E-state index >= 15 is 0 Å². The van der Waals surface area contributed by atoms with E-state index in [0.29, 0.717) is 18.2 Å². The number of allylic oxidation sites excluding steroid dienone is 1. The molecule has 0 aromatic carbocycles. The van der Waals surface area contributed by atoms with E-state index in [-0.39, 0.29) is 5.92 Å². The Balaban J connectivity index is 5.38. The van der Waals surface area contributed by atoms with Crippen LogP contribution in [0.1, 0.15) is 26.7 Å². The lowest BCUT2D eigenvalue weighted by Crippen LogP contribution is -2.39. The van der Waals surface area contributed by atoms with E-state index in [1.54, 1.807) is 6.08 Å². The lowest BCUT2D eigenvalue weighted by molar-refractivity contribution is -0.165. The summed E-state index contributed by atoms with van der Waals surface area (Å²) in [7, 11) is 2.55. The van der Waals surface area contributed by atoms with Crippen molar-refractivity contribution in [1.82, 2.24) is 0 Å². The zero-order chi connectivity index (χ0) is 14.2. The molecule has 0 fully saturated rings. The number of hydrogen-bond acceptors (Lipinski definition) is 4. The maximum atomic E-state index is 12.0. The van der Waals surface area contributed by atoms with Crippen molar-refractivity contribution in [2.75, 3.05) is 19.5 Å². The lowest BCUT2D eigenvalue weighted by atomic mass is 9.82. The van der Waals surface area contributed by atoms with Gasteiger partial charge in [0.15, 0.2) is 5.41 Å². The van der Waals surface area contributed by atoms with Gasteiger partial charge in [0.05, 0.1) is 14.2 Å². The van der Waals surface area contributed by atoms with Crippen LogP contribution in [-0.2, 0) is 19.1 Å². The van der Waals surface area contributed by atoms with Gasteiger partial charge in [-0.25, -0.2) is 0 Å². The van der Waals surface area contributed by atoms with Crippen LogP contribution in [-0.4, -0.2) is 31.5 Å². The van der Waals surface area contributed by atoms with E-state index in [2.05, 4.69) is 15.9 Å². The van der Waals surface area contributed by atoms with E-state index < -0.39 is 17.4 Å². The highest BCUT2D eigenvalue weighted by Crippen LogP contribution is 2.30. The van der Waals surface area contributed by atoms with E-state index in [1.807, 2.05) is 19.9 Å². The first-order valence-electron chi connectivity index (χ1n) is 5.86. The number of halogens is 1. The van der Waals surface area contributed by atoms with Crippen LogP contribution in [0.5, 0.6) is 0 Å². The molecular formula is C13H21BrO4. The maximum absolute atomic E-state index is 12.0. The summed E-state index contributed by atoms with van der Waals surface area (Å²) in [5.41, 5.74) is -1.33. The van der Waals surface area contributed by atoms with Gasteiger partial charge in [-0.2, -0.15) is 0 Å². The zero-order valence-electron chi connectivity index (χ0n) is 11.4. The maximum Gasteiger partial charge on any atom is 0.327 e. The first-order chi connectivity index (χ1) is 8.44. The molecule has 0 aromatic heterocycles. The van der Waals surface area contributed by atoms with Crippen molar-refractivity contribution < 1.29 is 19.1 Å². The minimum absolute atomic E-state index is 0.239. The van der Waals surface area contributed by atoms with Gasteiger partial charge in [0.2, 0.25) is 0 Å². The molecule has 104 valence electrons.